The van der Waals surface area contributed by atoms with E-state index in [4.69, 9.17) is 5.26 Å². The largest absolute Gasteiger partial charge is 0.243 e. The van der Waals surface area contributed by atoms with Crippen molar-refractivity contribution in [2.24, 2.45) is 11.8 Å². The summed E-state index contributed by atoms with van der Waals surface area (Å²) in [5, 5.41) is 8.89. The summed E-state index contributed by atoms with van der Waals surface area (Å²) in [5.74, 6) is 1.09. The average Bonchev–Trinajstić information content (AvgIpc) is 3.05. The molecule has 4 nitrogen and oxygen atoms in total. The molecule has 5 heteroatoms. The van der Waals surface area contributed by atoms with E-state index in [9.17, 15) is 8.42 Å². The third-order valence-electron chi connectivity index (χ3n) is 3.77. The first kappa shape index (κ1) is 14.0. The number of aryl methyl sites for hydroxylation is 1. The molecule has 0 aromatic heterocycles. The molecule has 1 saturated carbocycles. The van der Waals surface area contributed by atoms with Gasteiger partial charge in [0.05, 0.1) is 16.5 Å². The SMILES string of the molecule is Cc1ccc(C#N)cc1S(=O)(=O)N(C)CC1CC1C. The van der Waals surface area contributed by atoms with Crippen LogP contribution in [0, 0.1) is 30.1 Å². The fraction of sp³-hybridized carbons (Fsp3) is 0.500. The monoisotopic (exact) mass is 278 g/mol. The molecule has 2 atom stereocenters. The van der Waals surface area contributed by atoms with Crippen LogP contribution in [-0.2, 0) is 10.0 Å². The summed E-state index contributed by atoms with van der Waals surface area (Å²) in [4.78, 5) is 0.238. The minimum atomic E-state index is -3.50. The van der Waals surface area contributed by atoms with E-state index in [1.54, 1.807) is 26.1 Å². The van der Waals surface area contributed by atoms with Crippen molar-refractivity contribution in [3.8, 4) is 6.07 Å². The lowest BCUT2D eigenvalue weighted by Crippen LogP contribution is -2.29. The van der Waals surface area contributed by atoms with Crippen LogP contribution in [0.2, 0.25) is 0 Å². The Morgan fingerprint density at radius 1 is 1.47 bits per heavy atom. The van der Waals surface area contributed by atoms with E-state index in [0.29, 0.717) is 29.5 Å². The predicted octanol–water partition coefficient (Wildman–Crippen LogP) is 2.14. The molecule has 19 heavy (non-hydrogen) atoms. The highest BCUT2D eigenvalue weighted by Gasteiger charge is 2.36. The normalized spacial score (nSPS) is 22.3. The minimum Gasteiger partial charge on any atom is -0.207 e. The van der Waals surface area contributed by atoms with Gasteiger partial charge in [-0.05, 0) is 42.9 Å². The number of nitrogens with zero attached hydrogens (tertiary/aromatic N) is 2. The molecule has 0 aliphatic heterocycles. The Bertz CT molecular complexity index is 631. The Balaban J connectivity index is 2.30. The lowest BCUT2D eigenvalue weighted by Gasteiger charge is -2.18. The van der Waals surface area contributed by atoms with Crippen molar-refractivity contribution < 1.29 is 8.42 Å². The number of sulfonamides is 1. The number of benzene rings is 1. The molecule has 1 fully saturated rings. The summed E-state index contributed by atoms with van der Waals surface area (Å²) >= 11 is 0. The fourth-order valence-electron chi connectivity index (χ4n) is 2.20. The van der Waals surface area contributed by atoms with Crippen molar-refractivity contribution in [2.45, 2.75) is 25.2 Å². The molecule has 0 amide bonds. The van der Waals surface area contributed by atoms with Gasteiger partial charge in [0.2, 0.25) is 10.0 Å². The van der Waals surface area contributed by atoms with Crippen LogP contribution < -0.4 is 0 Å². The zero-order valence-corrected chi connectivity index (χ0v) is 12.2. The Labute approximate surface area is 114 Å². The van der Waals surface area contributed by atoms with Gasteiger partial charge in [0, 0.05) is 13.6 Å². The molecular formula is C14H18N2O2S. The summed E-state index contributed by atoms with van der Waals surface area (Å²) in [5.41, 5.74) is 1.05. The van der Waals surface area contributed by atoms with Crippen molar-refractivity contribution in [1.82, 2.24) is 4.31 Å². The molecule has 0 N–H and O–H groups in total. The maximum absolute atomic E-state index is 12.5. The van der Waals surface area contributed by atoms with E-state index < -0.39 is 10.0 Å². The molecule has 0 radical (unpaired) electrons. The Hall–Kier alpha value is -1.38. The first-order valence-electron chi connectivity index (χ1n) is 6.33. The molecule has 2 unspecified atom stereocenters. The van der Waals surface area contributed by atoms with Gasteiger partial charge < -0.3 is 0 Å². The Kier molecular flexibility index (Phi) is 3.66. The molecule has 0 saturated heterocycles. The first-order valence-corrected chi connectivity index (χ1v) is 7.77. The summed E-state index contributed by atoms with van der Waals surface area (Å²) in [6.45, 7) is 4.44. The van der Waals surface area contributed by atoms with Gasteiger partial charge in [0.15, 0.2) is 0 Å². The van der Waals surface area contributed by atoms with Crippen molar-refractivity contribution >= 4 is 10.0 Å². The molecule has 102 valence electrons. The highest BCUT2D eigenvalue weighted by atomic mass is 32.2. The summed E-state index contributed by atoms with van der Waals surface area (Å²) in [6, 6.07) is 6.75. The summed E-state index contributed by atoms with van der Waals surface area (Å²) < 4.78 is 26.4. The maximum atomic E-state index is 12.5. The first-order chi connectivity index (χ1) is 8.86. The van der Waals surface area contributed by atoms with Gasteiger partial charge in [0.25, 0.3) is 0 Å². The van der Waals surface area contributed by atoms with E-state index in [-0.39, 0.29) is 4.90 Å². The van der Waals surface area contributed by atoms with Crippen LogP contribution in [0.3, 0.4) is 0 Å². The van der Waals surface area contributed by atoms with Crippen LogP contribution in [0.4, 0.5) is 0 Å². The number of nitriles is 1. The average molecular weight is 278 g/mol. The topological polar surface area (TPSA) is 61.2 Å². The van der Waals surface area contributed by atoms with E-state index in [1.165, 1.54) is 10.4 Å². The third-order valence-corrected chi connectivity index (χ3v) is 5.74. The molecule has 1 aliphatic rings. The van der Waals surface area contributed by atoms with Crippen LogP contribution in [0.1, 0.15) is 24.5 Å². The van der Waals surface area contributed by atoms with Crippen LogP contribution >= 0.6 is 0 Å². The van der Waals surface area contributed by atoms with Gasteiger partial charge in [-0.25, -0.2) is 12.7 Å². The second-order valence-electron chi connectivity index (χ2n) is 5.35. The van der Waals surface area contributed by atoms with E-state index in [1.807, 2.05) is 6.07 Å². The van der Waals surface area contributed by atoms with Crippen molar-refractivity contribution in [3.63, 3.8) is 0 Å². The Morgan fingerprint density at radius 3 is 2.63 bits per heavy atom. The standard InChI is InChI=1S/C14H18N2O2S/c1-10-4-5-12(8-15)7-14(10)19(17,18)16(3)9-13-6-11(13)2/h4-5,7,11,13H,6,9H2,1-3H3. The van der Waals surface area contributed by atoms with Gasteiger partial charge in [-0.3, -0.25) is 0 Å². The van der Waals surface area contributed by atoms with E-state index >= 15 is 0 Å². The van der Waals surface area contributed by atoms with Gasteiger partial charge >= 0.3 is 0 Å². The van der Waals surface area contributed by atoms with E-state index in [2.05, 4.69) is 6.92 Å². The van der Waals surface area contributed by atoms with Gasteiger partial charge in [0.1, 0.15) is 0 Å². The van der Waals surface area contributed by atoms with Crippen molar-refractivity contribution in [3.05, 3.63) is 29.3 Å². The Morgan fingerprint density at radius 2 is 2.11 bits per heavy atom. The second kappa shape index (κ2) is 4.95. The number of hydrogen-bond acceptors (Lipinski definition) is 3. The highest BCUT2D eigenvalue weighted by Crippen LogP contribution is 2.38. The van der Waals surface area contributed by atoms with Crippen molar-refractivity contribution in [1.29, 1.82) is 5.26 Å². The quantitative estimate of drug-likeness (QED) is 0.847. The molecule has 1 aromatic carbocycles. The van der Waals surface area contributed by atoms with E-state index in [0.717, 1.165) is 6.42 Å². The number of rotatable bonds is 4. The van der Waals surface area contributed by atoms with Crippen LogP contribution in [0.5, 0.6) is 0 Å². The van der Waals surface area contributed by atoms with Crippen LogP contribution in [0.15, 0.2) is 23.1 Å². The maximum Gasteiger partial charge on any atom is 0.243 e. The van der Waals surface area contributed by atoms with Gasteiger partial charge in [-0.15, -0.1) is 0 Å². The second-order valence-corrected chi connectivity index (χ2v) is 7.36. The van der Waals surface area contributed by atoms with Gasteiger partial charge in [-0.2, -0.15) is 5.26 Å². The molecule has 1 aromatic rings. The lowest BCUT2D eigenvalue weighted by atomic mass is 10.2. The third kappa shape index (κ3) is 2.80. The van der Waals surface area contributed by atoms with Gasteiger partial charge in [-0.1, -0.05) is 13.0 Å². The minimum absolute atomic E-state index is 0.238. The molecule has 0 heterocycles. The fourth-order valence-corrected chi connectivity index (χ4v) is 3.67. The molecule has 0 bridgehead atoms. The molecular weight excluding hydrogens is 260 g/mol. The molecule has 2 rings (SSSR count). The van der Waals surface area contributed by atoms with Crippen molar-refractivity contribution in [2.75, 3.05) is 13.6 Å². The zero-order chi connectivity index (χ0) is 14.2. The number of hydrogen-bond donors (Lipinski definition) is 0. The smallest absolute Gasteiger partial charge is 0.207 e. The summed E-state index contributed by atoms with van der Waals surface area (Å²) in [6.07, 6.45) is 1.09. The predicted molar refractivity (Wildman–Crippen MR) is 73.0 cm³/mol. The van der Waals surface area contributed by atoms with Crippen LogP contribution in [-0.4, -0.2) is 26.3 Å². The molecule has 0 spiro atoms. The lowest BCUT2D eigenvalue weighted by molar-refractivity contribution is 0.444. The zero-order valence-electron chi connectivity index (χ0n) is 11.4. The molecule has 1 aliphatic carbocycles. The van der Waals surface area contributed by atoms with Crippen LogP contribution in [0.25, 0.3) is 0 Å². The highest BCUT2D eigenvalue weighted by molar-refractivity contribution is 7.89. The summed E-state index contributed by atoms with van der Waals surface area (Å²) in [7, 11) is -1.89.